The quantitative estimate of drug-likeness (QED) is 0.227. The summed E-state index contributed by atoms with van der Waals surface area (Å²) in [6.45, 7) is 0.392. The second-order valence-corrected chi connectivity index (χ2v) is 8.29. The summed E-state index contributed by atoms with van der Waals surface area (Å²) >= 11 is 14.4. The average Bonchev–Trinajstić information content (AvgIpc) is 2.76. The van der Waals surface area contributed by atoms with Gasteiger partial charge >= 0.3 is 0 Å². The Morgan fingerprint density at radius 2 is 1.88 bits per heavy atom. The molecule has 3 rings (SSSR count). The molecule has 0 unspecified atom stereocenters. The van der Waals surface area contributed by atoms with Gasteiger partial charge in [-0.3, -0.25) is 20.2 Å². The lowest BCUT2D eigenvalue weighted by Crippen LogP contribution is -2.34. The highest BCUT2D eigenvalue weighted by Crippen LogP contribution is 2.27. The predicted octanol–water partition coefficient (Wildman–Crippen LogP) is 5.76. The number of benzene rings is 3. The number of halogens is 2. The molecule has 2 N–H and O–H groups in total. The smallest absolute Gasteiger partial charge is 0.289 e. The van der Waals surface area contributed by atoms with E-state index in [1.54, 1.807) is 18.2 Å². The molecule has 0 atom stereocenters. The first kappa shape index (κ1) is 23.6. The van der Waals surface area contributed by atoms with E-state index in [1.807, 2.05) is 30.3 Å². The van der Waals surface area contributed by atoms with Crippen LogP contribution in [0.15, 0.2) is 71.2 Å². The van der Waals surface area contributed by atoms with Crippen LogP contribution in [0.25, 0.3) is 0 Å². The van der Waals surface area contributed by atoms with Crippen LogP contribution in [0.5, 0.6) is 5.75 Å². The van der Waals surface area contributed by atoms with Crippen LogP contribution in [-0.4, -0.2) is 22.5 Å². The zero-order chi connectivity index (χ0) is 23.1. The Labute approximate surface area is 203 Å². The van der Waals surface area contributed by atoms with Crippen molar-refractivity contribution >= 4 is 62.1 Å². The zero-order valence-corrected chi connectivity index (χ0v) is 19.7. The number of nitro groups is 1. The van der Waals surface area contributed by atoms with Crippen molar-refractivity contribution in [2.75, 3.05) is 11.9 Å². The predicted molar refractivity (Wildman–Crippen MR) is 132 cm³/mol. The molecule has 0 heterocycles. The molecule has 3 aromatic carbocycles. The average molecular weight is 535 g/mol. The summed E-state index contributed by atoms with van der Waals surface area (Å²) in [6.07, 6.45) is 0.688. The summed E-state index contributed by atoms with van der Waals surface area (Å²) in [5.41, 5.74) is 1.46. The van der Waals surface area contributed by atoms with Crippen molar-refractivity contribution in [3.05, 3.63) is 97.5 Å². The summed E-state index contributed by atoms with van der Waals surface area (Å²) < 4.78 is 6.54. The molecular weight excluding hydrogens is 518 g/mol. The molecule has 0 spiro atoms. The number of thiocarbonyl (C=S) groups is 1. The molecule has 7 nitrogen and oxygen atoms in total. The molecule has 10 heteroatoms. The van der Waals surface area contributed by atoms with Crippen LogP contribution in [0.1, 0.15) is 15.9 Å². The lowest BCUT2D eigenvalue weighted by Gasteiger charge is -2.14. The van der Waals surface area contributed by atoms with Crippen LogP contribution in [0.2, 0.25) is 5.02 Å². The number of nitro benzene ring substituents is 1. The highest BCUT2D eigenvalue weighted by atomic mass is 79.9. The number of anilines is 1. The fraction of sp³-hybridized carbons (Fsp3) is 0.0909. The van der Waals surface area contributed by atoms with E-state index in [9.17, 15) is 14.9 Å². The van der Waals surface area contributed by atoms with Crippen molar-refractivity contribution in [1.82, 2.24) is 5.32 Å². The number of nitrogens with zero attached hydrogens (tertiary/aromatic N) is 1. The molecule has 0 aromatic heterocycles. The van der Waals surface area contributed by atoms with Gasteiger partial charge in [-0.25, -0.2) is 0 Å². The minimum absolute atomic E-state index is 0.00179. The molecule has 164 valence electrons. The van der Waals surface area contributed by atoms with Crippen molar-refractivity contribution in [2.45, 2.75) is 6.42 Å². The number of hydrogen-bond acceptors (Lipinski definition) is 5. The third kappa shape index (κ3) is 6.49. The summed E-state index contributed by atoms with van der Waals surface area (Å²) in [6, 6.07) is 19.1. The summed E-state index contributed by atoms with van der Waals surface area (Å²) in [5, 5.41) is 16.3. The van der Waals surface area contributed by atoms with E-state index in [0.717, 1.165) is 5.56 Å². The second kappa shape index (κ2) is 11.0. The SMILES string of the molecule is O=C(NC(=S)Nc1ccc(Cl)c([N+](=O)[O-])c1)c1cc(Br)ccc1OCCc1ccccc1. The summed E-state index contributed by atoms with van der Waals surface area (Å²) in [4.78, 5) is 23.3. The van der Waals surface area contributed by atoms with E-state index < -0.39 is 10.8 Å². The Morgan fingerprint density at radius 3 is 2.59 bits per heavy atom. The largest absolute Gasteiger partial charge is 0.492 e. The number of carbonyl (C=O) groups is 1. The maximum atomic E-state index is 12.8. The topological polar surface area (TPSA) is 93.5 Å². The van der Waals surface area contributed by atoms with Crippen LogP contribution < -0.4 is 15.4 Å². The van der Waals surface area contributed by atoms with Gasteiger partial charge in [0.1, 0.15) is 10.8 Å². The van der Waals surface area contributed by atoms with E-state index in [0.29, 0.717) is 34.5 Å². The van der Waals surface area contributed by atoms with Crippen molar-refractivity contribution < 1.29 is 14.5 Å². The second-order valence-electron chi connectivity index (χ2n) is 6.56. The molecule has 32 heavy (non-hydrogen) atoms. The van der Waals surface area contributed by atoms with Gasteiger partial charge in [-0.05, 0) is 48.1 Å². The third-order valence-corrected chi connectivity index (χ3v) is 5.32. The minimum Gasteiger partial charge on any atom is -0.492 e. The van der Waals surface area contributed by atoms with Gasteiger partial charge in [0, 0.05) is 22.6 Å². The summed E-state index contributed by atoms with van der Waals surface area (Å²) in [5.74, 6) is -0.0754. The molecule has 0 aliphatic rings. The Hall–Kier alpha value is -3.01. The number of amides is 1. The number of rotatable bonds is 7. The Kier molecular flexibility index (Phi) is 8.15. The molecule has 3 aromatic rings. The Morgan fingerprint density at radius 1 is 1.12 bits per heavy atom. The monoisotopic (exact) mass is 533 g/mol. The van der Waals surface area contributed by atoms with Gasteiger partial charge in [0.15, 0.2) is 5.11 Å². The van der Waals surface area contributed by atoms with Gasteiger partial charge in [0.2, 0.25) is 0 Å². The lowest BCUT2D eigenvalue weighted by atomic mass is 10.1. The van der Waals surface area contributed by atoms with Gasteiger partial charge in [0.25, 0.3) is 11.6 Å². The molecule has 0 saturated carbocycles. The Balaban J connectivity index is 1.66. The standard InChI is InChI=1S/C22H17BrClN3O4S/c23-15-6-9-20(31-11-10-14-4-2-1-3-5-14)17(12-15)21(28)26-22(32)25-16-7-8-18(24)19(13-16)27(29)30/h1-9,12-13H,10-11H2,(H2,25,26,28,32). The van der Waals surface area contributed by atoms with Crippen LogP contribution in [0, 0.1) is 10.1 Å². The van der Waals surface area contributed by atoms with Gasteiger partial charge in [0.05, 0.1) is 17.1 Å². The van der Waals surface area contributed by atoms with E-state index in [4.69, 9.17) is 28.6 Å². The molecule has 0 saturated heterocycles. The normalized spacial score (nSPS) is 10.3. The fourth-order valence-electron chi connectivity index (χ4n) is 2.79. The van der Waals surface area contributed by atoms with E-state index in [1.165, 1.54) is 18.2 Å². The maximum Gasteiger partial charge on any atom is 0.289 e. The van der Waals surface area contributed by atoms with Gasteiger partial charge in [-0.15, -0.1) is 0 Å². The minimum atomic E-state index is -0.601. The number of carbonyl (C=O) groups excluding carboxylic acids is 1. The van der Waals surface area contributed by atoms with Crippen LogP contribution in [0.3, 0.4) is 0 Å². The first-order chi connectivity index (χ1) is 15.3. The molecule has 1 amide bonds. The van der Waals surface area contributed by atoms with E-state index in [-0.39, 0.29) is 15.8 Å². The molecule has 0 radical (unpaired) electrons. The number of nitrogens with one attached hydrogen (secondary N) is 2. The van der Waals surface area contributed by atoms with Crippen molar-refractivity contribution in [1.29, 1.82) is 0 Å². The first-order valence-corrected chi connectivity index (χ1v) is 10.9. The van der Waals surface area contributed by atoms with E-state index in [2.05, 4.69) is 26.6 Å². The third-order valence-electron chi connectivity index (χ3n) is 4.31. The highest BCUT2D eigenvalue weighted by molar-refractivity contribution is 9.10. The first-order valence-electron chi connectivity index (χ1n) is 9.36. The fourth-order valence-corrected chi connectivity index (χ4v) is 3.55. The highest BCUT2D eigenvalue weighted by Gasteiger charge is 2.17. The van der Waals surface area contributed by atoms with Crippen LogP contribution in [-0.2, 0) is 6.42 Å². The summed E-state index contributed by atoms with van der Waals surface area (Å²) in [7, 11) is 0. The Bertz CT molecular complexity index is 1160. The van der Waals surface area contributed by atoms with Gasteiger partial charge < -0.3 is 10.1 Å². The van der Waals surface area contributed by atoms with Crippen molar-refractivity contribution in [3.63, 3.8) is 0 Å². The van der Waals surface area contributed by atoms with Crippen molar-refractivity contribution in [2.24, 2.45) is 0 Å². The van der Waals surface area contributed by atoms with Gasteiger partial charge in [-0.1, -0.05) is 57.9 Å². The lowest BCUT2D eigenvalue weighted by molar-refractivity contribution is -0.384. The molecule has 0 aliphatic carbocycles. The number of hydrogen-bond donors (Lipinski definition) is 2. The molecule has 0 aliphatic heterocycles. The molecule has 0 bridgehead atoms. The van der Waals surface area contributed by atoms with Crippen LogP contribution in [0.4, 0.5) is 11.4 Å². The van der Waals surface area contributed by atoms with Crippen LogP contribution >= 0.6 is 39.7 Å². The van der Waals surface area contributed by atoms with Gasteiger partial charge in [-0.2, -0.15) is 0 Å². The molecular formula is C22H17BrClN3O4S. The molecule has 0 fully saturated rings. The maximum absolute atomic E-state index is 12.8. The number of ether oxygens (including phenoxy) is 1. The zero-order valence-electron chi connectivity index (χ0n) is 16.5. The van der Waals surface area contributed by atoms with Crippen molar-refractivity contribution in [3.8, 4) is 5.75 Å². The van der Waals surface area contributed by atoms with E-state index >= 15 is 0 Å².